The van der Waals surface area contributed by atoms with Gasteiger partial charge < -0.3 is 33.9 Å². The SMILES string of the molecule is COC1=CC(=O)c2c(O)c3c(c(O)c2C1=O)OC1(CCc2cc4cc(C)oc(=O)c4c(O)c2O1)C3=O. The molecule has 0 amide bonds. The van der Waals surface area contributed by atoms with Gasteiger partial charge in [-0.3, -0.25) is 14.4 Å². The Morgan fingerprint density at radius 1 is 0.917 bits per heavy atom. The average Bonchev–Trinajstić information content (AvgIpc) is 3.11. The van der Waals surface area contributed by atoms with Crippen LogP contribution in [-0.2, 0) is 11.2 Å². The maximum absolute atomic E-state index is 13.5. The highest BCUT2D eigenvalue weighted by Crippen LogP contribution is 2.55. The first-order chi connectivity index (χ1) is 17.1. The summed E-state index contributed by atoms with van der Waals surface area (Å²) >= 11 is 0. The van der Waals surface area contributed by atoms with Gasteiger partial charge in [-0.2, -0.15) is 0 Å². The number of rotatable bonds is 1. The number of carbonyl (C=O) groups excluding carboxylic acids is 3. The third-order valence-corrected chi connectivity index (χ3v) is 6.59. The molecule has 0 fully saturated rings. The van der Waals surface area contributed by atoms with Crippen LogP contribution in [0.1, 0.15) is 48.8 Å². The summed E-state index contributed by atoms with van der Waals surface area (Å²) in [5.41, 5.74) is -2.00. The number of phenols is 3. The summed E-state index contributed by atoms with van der Waals surface area (Å²) in [5, 5.41) is 32.8. The Bertz CT molecular complexity index is 1690. The molecular weight excluding hydrogens is 476 g/mol. The van der Waals surface area contributed by atoms with Crippen LogP contribution in [0.3, 0.4) is 0 Å². The number of fused-ring (bicyclic) bond motifs is 4. The summed E-state index contributed by atoms with van der Waals surface area (Å²) in [5.74, 6) is -7.84. The second-order valence-electron chi connectivity index (χ2n) is 8.67. The second kappa shape index (κ2) is 6.87. The van der Waals surface area contributed by atoms with Gasteiger partial charge in [0.25, 0.3) is 5.78 Å². The molecule has 3 N–H and O–H groups in total. The van der Waals surface area contributed by atoms with E-state index in [9.17, 15) is 34.5 Å². The molecule has 1 aliphatic carbocycles. The zero-order valence-corrected chi connectivity index (χ0v) is 18.8. The predicted octanol–water partition coefficient (Wildman–Crippen LogP) is 2.42. The lowest BCUT2D eigenvalue weighted by molar-refractivity contribution is -0.0834. The van der Waals surface area contributed by atoms with Crippen molar-refractivity contribution >= 4 is 28.1 Å². The maximum atomic E-state index is 13.5. The molecule has 182 valence electrons. The summed E-state index contributed by atoms with van der Waals surface area (Å²) in [6.07, 6.45) is 0.883. The van der Waals surface area contributed by atoms with Gasteiger partial charge >= 0.3 is 11.4 Å². The van der Waals surface area contributed by atoms with Crippen molar-refractivity contribution in [3.8, 4) is 28.7 Å². The molecule has 3 aromatic rings. The van der Waals surface area contributed by atoms with Crippen molar-refractivity contribution in [1.82, 2.24) is 0 Å². The van der Waals surface area contributed by atoms with Gasteiger partial charge in [0.05, 0.1) is 18.2 Å². The van der Waals surface area contributed by atoms with Crippen LogP contribution < -0.4 is 15.1 Å². The molecule has 3 heterocycles. The van der Waals surface area contributed by atoms with Gasteiger partial charge in [-0.05, 0) is 36.4 Å². The standard InChI is InChI=1S/C25H16O11/c1-8-5-10-6-9-3-4-25(35-21(9)19(29)13(10)24(32)34-8)23(31)16-18(28)14-11(26)7-12(33-2)17(27)15(14)20(30)22(16)36-25/h5-7,28-30H,3-4H2,1-2H3. The Balaban J connectivity index is 1.51. The summed E-state index contributed by atoms with van der Waals surface area (Å²) < 4.78 is 21.5. The van der Waals surface area contributed by atoms with Gasteiger partial charge in [0.15, 0.2) is 34.5 Å². The molecule has 0 radical (unpaired) electrons. The predicted molar refractivity (Wildman–Crippen MR) is 119 cm³/mol. The van der Waals surface area contributed by atoms with E-state index in [-0.39, 0.29) is 29.7 Å². The molecule has 0 saturated heterocycles. The first-order valence-electron chi connectivity index (χ1n) is 10.8. The summed E-state index contributed by atoms with van der Waals surface area (Å²) in [6.45, 7) is 1.59. The number of Topliss-reactive ketones (excluding diaryl/α,β-unsaturated/α-hetero) is 2. The fourth-order valence-electron chi connectivity index (χ4n) is 4.95. The van der Waals surface area contributed by atoms with E-state index >= 15 is 0 Å². The molecule has 1 aromatic heterocycles. The Labute approximate surface area is 200 Å². The van der Waals surface area contributed by atoms with Crippen molar-refractivity contribution < 1.29 is 48.3 Å². The number of hydrogen-bond acceptors (Lipinski definition) is 11. The van der Waals surface area contributed by atoms with Gasteiger partial charge in [-0.1, -0.05) is 0 Å². The fourth-order valence-corrected chi connectivity index (χ4v) is 4.95. The highest BCUT2D eigenvalue weighted by Gasteiger charge is 2.57. The van der Waals surface area contributed by atoms with Crippen molar-refractivity contribution in [2.75, 3.05) is 7.11 Å². The molecule has 6 rings (SSSR count). The molecule has 1 atom stereocenters. The van der Waals surface area contributed by atoms with E-state index < -0.39 is 68.5 Å². The van der Waals surface area contributed by atoms with Crippen molar-refractivity contribution in [3.05, 3.63) is 62.4 Å². The monoisotopic (exact) mass is 492 g/mol. The minimum absolute atomic E-state index is 0.105. The van der Waals surface area contributed by atoms with E-state index in [1.807, 2.05) is 0 Å². The quantitative estimate of drug-likeness (QED) is 0.426. The van der Waals surface area contributed by atoms with Gasteiger partial charge in [0.1, 0.15) is 22.5 Å². The molecule has 2 aliphatic heterocycles. The van der Waals surface area contributed by atoms with Crippen molar-refractivity contribution in [3.63, 3.8) is 0 Å². The van der Waals surface area contributed by atoms with E-state index in [2.05, 4.69) is 0 Å². The number of ketones is 3. The van der Waals surface area contributed by atoms with E-state index in [0.29, 0.717) is 16.7 Å². The molecule has 0 saturated carbocycles. The summed E-state index contributed by atoms with van der Waals surface area (Å²) in [7, 11) is 1.16. The highest BCUT2D eigenvalue weighted by molar-refractivity contribution is 6.28. The van der Waals surface area contributed by atoms with E-state index in [1.165, 1.54) is 0 Å². The smallest absolute Gasteiger partial charge is 0.347 e. The van der Waals surface area contributed by atoms with E-state index in [1.54, 1.807) is 19.1 Å². The number of carbonyl (C=O) groups is 3. The normalized spacial score (nSPS) is 19.9. The van der Waals surface area contributed by atoms with Crippen LogP contribution in [0.2, 0.25) is 0 Å². The minimum atomic E-state index is -2.14. The van der Waals surface area contributed by atoms with Crippen LogP contribution >= 0.6 is 0 Å². The first-order valence-corrected chi connectivity index (χ1v) is 10.8. The molecule has 1 unspecified atom stereocenters. The van der Waals surface area contributed by atoms with Crippen molar-refractivity contribution in [2.24, 2.45) is 0 Å². The largest absolute Gasteiger partial charge is 0.506 e. The molecule has 3 aliphatic rings. The van der Waals surface area contributed by atoms with Crippen LogP contribution in [0.4, 0.5) is 0 Å². The lowest BCUT2D eigenvalue weighted by Crippen LogP contribution is -2.48. The number of ether oxygens (including phenoxy) is 3. The van der Waals surface area contributed by atoms with Crippen molar-refractivity contribution in [1.29, 1.82) is 0 Å². The van der Waals surface area contributed by atoms with Gasteiger partial charge in [0, 0.05) is 12.5 Å². The van der Waals surface area contributed by atoms with Crippen molar-refractivity contribution in [2.45, 2.75) is 25.6 Å². The number of phenolic OH excluding ortho intramolecular Hbond substituents is 3. The number of hydrogen-bond donors (Lipinski definition) is 3. The number of allylic oxidation sites excluding steroid dienone is 2. The molecule has 1 spiro atoms. The van der Waals surface area contributed by atoms with Crippen LogP contribution in [-0.4, -0.2) is 45.6 Å². The molecular formula is C25H16O11. The number of methoxy groups -OCH3 is 1. The zero-order valence-electron chi connectivity index (χ0n) is 18.8. The fraction of sp³-hybridized carbons (Fsp3) is 0.200. The third kappa shape index (κ3) is 2.56. The number of aromatic hydroxyl groups is 3. The van der Waals surface area contributed by atoms with E-state index in [4.69, 9.17) is 18.6 Å². The maximum Gasteiger partial charge on any atom is 0.347 e. The topological polar surface area (TPSA) is 170 Å². The van der Waals surface area contributed by atoms with Gasteiger partial charge in [-0.15, -0.1) is 0 Å². The summed E-state index contributed by atoms with van der Waals surface area (Å²) in [4.78, 5) is 51.2. The zero-order chi connectivity index (χ0) is 25.7. The first kappa shape index (κ1) is 21.7. The molecule has 36 heavy (non-hydrogen) atoms. The van der Waals surface area contributed by atoms with Gasteiger partial charge in [-0.25, -0.2) is 4.79 Å². The Morgan fingerprint density at radius 3 is 2.36 bits per heavy atom. The molecule has 0 bridgehead atoms. The van der Waals surface area contributed by atoms with Crippen LogP contribution in [0.25, 0.3) is 10.8 Å². The third-order valence-electron chi connectivity index (χ3n) is 6.59. The van der Waals surface area contributed by atoms with Gasteiger partial charge in [0.2, 0.25) is 5.78 Å². The molecule has 2 aromatic carbocycles. The number of aryl methyl sites for hydroxylation is 2. The highest BCUT2D eigenvalue weighted by atomic mass is 16.7. The number of benzene rings is 2. The van der Waals surface area contributed by atoms with Crippen LogP contribution in [0.5, 0.6) is 28.7 Å². The Hall–Kier alpha value is -4.80. The summed E-state index contributed by atoms with van der Waals surface area (Å²) in [6, 6.07) is 3.20. The lowest BCUT2D eigenvalue weighted by Gasteiger charge is -2.33. The van der Waals surface area contributed by atoms with Crippen LogP contribution in [0.15, 0.2) is 33.2 Å². The second-order valence-corrected chi connectivity index (χ2v) is 8.67. The average molecular weight is 492 g/mol. The Kier molecular flexibility index (Phi) is 4.15. The Morgan fingerprint density at radius 2 is 1.64 bits per heavy atom. The van der Waals surface area contributed by atoms with E-state index in [0.717, 1.165) is 13.2 Å². The lowest BCUT2D eigenvalue weighted by atomic mass is 9.87. The molecule has 11 heteroatoms. The minimum Gasteiger partial charge on any atom is -0.506 e. The van der Waals surface area contributed by atoms with Crippen LogP contribution in [0, 0.1) is 6.92 Å². The molecule has 11 nitrogen and oxygen atoms in total.